The second-order valence-corrected chi connectivity index (χ2v) is 5.98. The van der Waals surface area contributed by atoms with Crippen LogP contribution in [0.5, 0.6) is 0 Å². The minimum atomic E-state index is -0.520. The highest BCUT2D eigenvalue weighted by molar-refractivity contribution is 6.30. The maximum Gasteiger partial charge on any atom is 0.226 e. The molecule has 0 heterocycles. The molecule has 6 heteroatoms. The van der Waals surface area contributed by atoms with Crippen LogP contribution in [0.2, 0.25) is 5.02 Å². The molecular weight excluding hydrogens is 331 g/mol. The van der Waals surface area contributed by atoms with Gasteiger partial charge in [0.05, 0.1) is 18.2 Å². The van der Waals surface area contributed by atoms with Gasteiger partial charge in [0.25, 0.3) is 0 Å². The quantitative estimate of drug-likeness (QED) is 0.858. The van der Waals surface area contributed by atoms with E-state index in [1.54, 1.807) is 37.3 Å². The minimum Gasteiger partial charge on any atom is -0.349 e. The number of aryl methyl sites for hydroxylation is 1. The maximum atomic E-state index is 13.8. The first-order valence-electron chi connectivity index (χ1n) is 7.43. The lowest BCUT2D eigenvalue weighted by molar-refractivity contribution is -0.120. The predicted octanol–water partition coefficient (Wildman–Crippen LogP) is 3.99. The van der Waals surface area contributed by atoms with Crippen molar-refractivity contribution in [2.45, 2.75) is 26.3 Å². The fourth-order valence-corrected chi connectivity index (χ4v) is 2.43. The number of benzene rings is 2. The first kappa shape index (κ1) is 17.9. The van der Waals surface area contributed by atoms with E-state index >= 15 is 0 Å². The minimum absolute atomic E-state index is 0.0193. The van der Waals surface area contributed by atoms with E-state index in [0.29, 0.717) is 5.02 Å². The molecule has 0 aliphatic heterocycles. The zero-order chi connectivity index (χ0) is 17.7. The van der Waals surface area contributed by atoms with Gasteiger partial charge in [-0.3, -0.25) is 9.59 Å². The normalized spacial score (nSPS) is 11.7. The highest BCUT2D eigenvalue weighted by atomic mass is 35.5. The molecule has 2 amide bonds. The Hall–Kier alpha value is -2.40. The van der Waals surface area contributed by atoms with E-state index in [1.807, 2.05) is 0 Å². The third-order valence-corrected chi connectivity index (χ3v) is 3.69. The third kappa shape index (κ3) is 5.06. The molecule has 2 rings (SSSR count). The Balaban J connectivity index is 2.12. The molecule has 0 saturated heterocycles. The molecule has 126 valence electrons. The molecule has 0 saturated carbocycles. The van der Waals surface area contributed by atoms with E-state index in [1.165, 1.54) is 19.1 Å². The van der Waals surface area contributed by atoms with Crippen molar-refractivity contribution < 1.29 is 14.0 Å². The highest BCUT2D eigenvalue weighted by Crippen LogP contribution is 2.21. The summed E-state index contributed by atoms with van der Waals surface area (Å²) in [6.07, 6.45) is -0.0193. The molecule has 0 fully saturated rings. The fourth-order valence-electron chi connectivity index (χ4n) is 2.30. The van der Waals surface area contributed by atoms with Gasteiger partial charge in [-0.15, -0.1) is 0 Å². The third-order valence-electron chi connectivity index (χ3n) is 3.44. The lowest BCUT2D eigenvalue weighted by Crippen LogP contribution is -2.29. The average molecular weight is 349 g/mol. The van der Waals surface area contributed by atoms with E-state index in [9.17, 15) is 14.0 Å². The molecule has 0 spiro atoms. The summed E-state index contributed by atoms with van der Waals surface area (Å²) in [4.78, 5) is 23.6. The average Bonchev–Trinajstić information content (AvgIpc) is 2.50. The van der Waals surface area contributed by atoms with Crippen LogP contribution in [0, 0.1) is 12.7 Å². The lowest BCUT2D eigenvalue weighted by Gasteiger charge is -2.18. The number of carbonyl (C=O) groups is 2. The van der Waals surface area contributed by atoms with Gasteiger partial charge in [0.1, 0.15) is 5.82 Å². The number of hydrogen-bond donors (Lipinski definition) is 2. The van der Waals surface area contributed by atoms with Gasteiger partial charge < -0.3 is 10.6 Å². The van der Waals surface area contributed by atoms with Gasteiger partial charge in [-0.05, 0) is 42.3 Å². The molecule has 24 heavy (non-hydrogen) atoms. The summed E-state index contributed by atoms with van der Waals surface area (Å²) in [5.74, 6) is -1.15. The number of nitrogens with one attached hydrogen (secondary N) is 2. The van der Waals surface area contributed by atoms with Gasteiger partial charge in [0, 0.05) is 11.9 Å². The van der Waals surface area contributed by atoms with Crippen molar-refractivity contribution in [3.8, 4) is 0 Å². The summed E-state index contributed by atoms with van der Waals surface area (Å²) >= 11 is 5.86. The summed E-state index contributed by atoms with van der Waals surface area (Å²) in [7, 11) is 0. The second kappa shape index (κ2) is 7.93. The van der Waals surface area contributed by atoms with Crippen molar-refractivity contribution in [1.82, 2.24) is 5.32 Å². The summed E-state index contributed by atoms with van der Waals surface area (Å²) in [6.45, 7) is 3.14. The largest absolute Gasteiger partial charge is 0.349 e. The van der Waals surface area contributed by atoms with E-state index in [0.717, 1.165) is 11.1 Å². The maximum absolute atomic E-state index is 13.8. The smallest absolute Gasteiger partial charge is 0.226 e. The van der Waals surface area contributed by atoms with E-state index in [-0.39, 0.29) is 18.0 Å². The van der Waals surface area contributed by atoms with Crippen molar-refractivity contribution in [3.05, 3.63) is 64.4 Å². The summed E-state index contributed by atoms with van der Waals surface area (Å²) in [5.41, 5.74) is 1.63. The Labute approximate surface area is 145 Å². The summed E-state index contributed by atoms with van der Waals surface area (Å²) in [6, 6.07) is 10.9. The van der Waals surface area contributed by atoms with Crippen molar-refractivity contribution >= 4 is 29.1 Å². The van der Waals surface area contributed by atoms with Crippen molar-refractivity contribution in [3.63, 3.8) is 0 Å². The van der Waals surface area contributed by atoms with Gasteiger partial charge in [0.2, 0.25) is 11.8 Å². The van der Waals surface area contributed by atoms with Crippen LogP contribution >= 0.6 is 11.6 Å². The SMILES string of the molecule is CC(=O)N[C@H](CC(=O)Nc1ccc(C)cc1F)c1ccc(Cl)cc1. The highest BCUT2D eigenvalue weighted by Gasteiger charge is 2.18. The molecule has 0 aliphatic carbocycles. The van der Waals surface area contributed by atoms with Gasteiger partial charge in [-0.25, -0.2) is 4.39 Å². The van der Waals surface area contributed by atoms with Crippen LogP contribution in [0.25, 0.3) is 0 Å². The molecule has 2 N–H and O–H groups in total. The van der Waals surface area contributed by atoms with Crippen LogP contribution in [0.4, 0.5) is 10.1 Å². The van der Waals surface area contributed by atoms with Crippen LogP contribution in [-0.2, 0) is 9.59 Å². The van der Waals surface area contributed by atoms with Crippen molar-refractivity contribution in [1.29, 1.82) is 0 Å². The summed E-state index contributed by atoms with van der Waals surface area (Å²) < 4.78 is 13.8. The molecule has 0 aromatic heterocycles. The van der Waals surface area contributed by atoms with E-state index in [4.69, 9.17) is 11.6 Å². The molecule has 4 nitrogen and oxygen atoms in total. The van der Waals surface area contributed by atoms with Gasteiger partial charge in [-0.2, -0.15) is 0 Å². The number of hydrogen-bond acceptors (Lipinski definition) is 2. The Kier molecular flexibility index (Phi) is 5.93. The zero-order valence-electron chi connectivity index (χ0n) is 13.4. The Morgan fingerprint density at radius 2 is 1.83 bits per heavy atom. The van der Waals surface area contributed by atoms with Crippen LogP contribution < -0.4 is 10.6 Å². The Bertz CT molecular complexity index is 747. The van der Waals surface area contributed by atoms with Gasteiger partial charge in [-0.1, -0.05) is 29.8 Å². The number of amides is 2. The molecule has 0 bridgehead atoms. The number of rotatable bonds is 5. The molecule has 2 aromatic carbocycles. The first-order valence-corrected chi connectivity index (χ1v) is 7.81. The summed E-state index contributed by atoms with van der Waals surface area (Å²) in [5, 5.41) is 5.81. The monoisotopic (exact) mass is 348 g/mol. The van der Waals surface area contributed by atoms with Crippen LogP contribution in [0.1, 0.15) is 30.5 Å². The number of anilines is 1. The molecule has 0 unspecified atom stereocenters. The molecule has 1 atom stereocenters. The van der Waals surface area contributed by atoms with E-state index in [2.05, 4.69) is 10.6 Å². The van der Waals surface area contributed by atoms with Crippen molar-refractivity contribution in [2.24, 2.45) is 0 Å². The fraction of sp³-hybridized carbons (Fsp3) is 0.222. The Morgan fingerprint density at radius 3 is 2.42 bits per heavy atom. The van der Waals surface area contributed by atoms with Crippen LogP contribution in [0.3, 0.4) is 0 Å². The zero-order valence-corrected chi connectivity index (χ0v) is 14.2. The number of carbonyl (C=O) groups excluding carboxylic acids is 2. The standard InChI is InChI=1S/C18H18ClFN2O2/c1-11-3-8-16(15(20)9-11)22-18(24)10-17(21-12(2)23)13-4-6-14(19)7-5-13/h3-9,17H,10H2,1-2H3,(H,21,23)(H,22,24)/t17-/m1/s1. The van der Waals surface area contributed by atoms with Crippen molar-refractivity contribution in [2.75, 3.05) is 5.32 Å². The lowest BCUT2D eigenvalue weighted by atomic mass is 10.0. The Morgan fingerprint density at radius 1 is 1.17 bits per heavy atom. The van der Waals surface area contributed by atoms with Gasteiger partial charge in [0.15, 0.2) is 0 Å². The second-order valence-electron chi connectivity index (χ2n) is 5.54. The first-order chi connectivity index (χ1) is 11.3. The molecule has 2 aromatic rings. The molecular formula is C18H18ClFN2O2. The molecule has 0 radical (unpaired) electrons. The van der Waals surface area contributed by atoms with Crippen LogP contribution in [-0.4, -0.2) is 11.8 Å². The topological polar surface area (TPSA) is 58.2 Å². The van der Waals surface area contributed by atoms with Gasteiger partial charge >= 0.3 is 0 Å². The number of halogens is 2. The van der Waals surface area contributed by atoms with Crippen LogP contribution in [0.15, 0.2) is 42.5 Å². The van der Waals surface area contributed by atoms with E-state index < -0.39 is 17.8 Å². The molecule has 0 aliphatic rings. The predicted molar refractivity (Wildman–Crippen MR) is 92.4 cm³/mol.